The predicted octanol–water partition coefficient (Wildman–Crippen LogP) is 0.342. The molecule has 0 bridgehead atoms. The summed E-state index contributed by atoms with van der Waals surface area (Å²) < 4.78 is 0. The molecule has 24 heavy (non-hydrogen) atoms. The monoisotopic (exact) mass is 326 g/mol. The van der Waals surface area contributed by atoms with Gasteiger partial charge in [0.15, 0.2) is 5.54 Å². The highest BCUT2D eigenvalue weighted by Crippen LogP contribution is 2.44. The minimum atomic E-state index is -1.45. The third kappa shape index (κ3) is 1.59. The van der Waals surface area contributed by atoms with E-state index < -0.39 is 29.5 Å². The maximum absolute atomic E-state index is 13.0. The van der Waals surface area contributed by atoms with Crippen molar-refractivity contribution < 1.29 is 19.5 Å². The van der Waals surface area contributed by atoms with Crippen molar-refractivity contribution >= 4 is 28.8 Å². The average Bonchev–Trinajstić information content (AvgIpc) is 3.02. The standard InChI is InChI=1S/C17H17N3O4/c1-9(14(21)22)20-15(23)17(2)13-11(7-8-19(17)16(20)24)10-5-3-4-6-12(10)18-13/h3-6,9,18H,7-8H2,1-2H3,(H,21,22)/p-1/t9-,17-/m0/s1. The fourth-order valence-corrected chi connectivity index (χ4v) is 3.87. The number of hydrogen-bond donors (Lipinski definition) is 1. The number of aromatic nitrogens is 1. The largest absolute Gasteiger partial charge is 0.548 e. The van der Waals surface area contributed by atoms with Crippen LogP contribution in [0.15, 0.2) is 24.3 Å². The van der Waals surface area contributed by atoms with Crippen LogP contribution in [-0.2, 0) is 21.5 Å². The van der Waals surface area contributed by atoms with Crippen LogP contribution in [0.4, 0.5) is 4.79 Å². The molecule has 4 rings (SSSR count). The number of carbonyl (C=O) groups is 3. The molecule has 0 radical (unpaired) electrons. The molecule has 0 aliphatic carbocycles. The second kappa shape index (κ2) is 4.59. The van der Waals surface area contributed by atoms with Gasteiger partial charge in [-0.3, -0.25) is 9.69 Å². The first-order valence-electron chi connectivity index (χ1n) is 7.83. The van der Waals surface area contributed by atoms with Gasteiger partial charge in [0.25, 0.3) is 5.91 Å². The third-order valence-electron chi connectivity index (χ3n) is 5.23. The van der Waals surface area contributed by atoms with E-state index in [0.29, 0.717) is 18.7 Å². The highest BCUT2D eigenvalue weighted by Gasteiger charge is 2.59. The number of fused-ring (bicyclic) bond motifs is 5. The van der Waals surface area contributed by atoms with E-state index in [1.54, 1.807) is 6.92 Å². The Balaban J connectivity index is 1.91. The molecule has 2 aliphatic heterocycles. The van der Waals surface area contributed by atoms with Crippen molar-refractivity contribution in [3.05, 3.63) is 35.5 Å². The Labute approximate surface area is 137 Å². The quantitative estimate of drug-likeness (QED) is 0.805. The van der Waals surface area contributed by atoms with Crippen LogP contribution < -0.4 is 5.11 Å². The Kier molecular flexibility index (Phi) is 2.82. The molecule has 1 aromatic heterocycles. The second-order valence-corrected chi connectivity index (χ2v) is 6.45. The number of rotatable bonds is 2. The van der Waals surface area contributed by atoms with Crippen LogP contribution in [0.3, 0.4) is 0 Å². The van der Waals surface area contributed by atoms with Gasteiger partial charge in [0.1, 0.15) is 0 Å². The van der Waals surface area contributed by atoms with Crippen LogP contribution >= 0.6 is 0 Å². The summed E-state index contributed by atoms with van der Waals surface area (Å²) in [5.41, 5.74) is 1.36. The fraction of sp³-hybridized carbons (Fsp3) is 0.353. The van der Waals surface area contributed by atoms with Crippen molar-refractivity contribution in [2.45, 2.75) is 31.8 Å². The van der Waals surface area contributed by atoms with Crippen molar-refractivity contribution in [3.8, 4) is 0 Å². The Morgan fingerprint density at radius 1 is 1.33 bits per heavy atom. The zero-order valence-electron chi connectivity index (χ0n) is 13.3. The molecule has 1 aromatic carbocycles. The van der Waals surface area contributed by atoms with Crippen LogP contribution in [0.2, 0.25) is 0 Å². The molecule has 3 amide bonds. The topological polar surface area (TPSA) is 96.5 Å². The van der Waals surface area contributed by atoms with Crippen molar-refractivity contribution in [2.24, 2.45) is 0 Å². The number of carboxylic acid groups (broad SMARTS) is 1. The van der Waals surface area contributed by atoms with E-state index in [-0.39, 0.29) is 0 Å². The number of imide groups is 1. The summed E-state index contributed by atoms with van der Waals surface area (Å²) in [4.78, 5) is 42.4. The molecule has 1 fully saturated rings. The summed E-state index contributed by atoms with van der Waals surface area (Å²) in [7, 11) is 0. The summed E-state index contributed by atoms with van der Waals surface area (Å²) in [6, 6.07) is 5.84. The lowest BCUT2D eigenvalue weighted by Crippen LogP contribution is -2.50. The number of para-hydroxylation sites is 1. The van der Waals surface area contributed by atoms with E-state index >= 15 is 0 Å². The number of benzene rings is 1. The normalized spacial score (nSPS) is 24.2. The van der Waals surface area contributed by atoms with Crippen molar-refractivity contribution in [1.29, 1.82) is 0 Å². The zero-order chi connectivity index (χ0) is 17.2. The molecule has 2 aliphatic rings. The van der Waals surface area contributed by atoms with Gasteiger partial charge in [-0.15, -0.1) is 0 Å². The first-order valence-corrected chi connectivity index (χ1v) is 7.83. The van der Waals surface area contributed by atoms with E-state index in [2.05, 4.69) is 4.98 Å². The summed E-state index contributed by atoms with van der Waals surface area (Å²) in [5, 5.41) is 12.2. The van der Waals surface area contributed by atoms with Gasteiger partial charge in [-0.2, -0.15) is 0 Å². The minimum absolute atomic E-state index is 0.367. The molecular formula is C17H16N3O4-. The van der Waals surface area contributed by atoms with Crippen LogP contribution in [-0.4, -0.2) is 45.3 Å². The van der Waals surface area contributed by atoms with Gasteiger partial charge in [-0.1, -0.05) is 18.2 Å². The molecule has 3 heterocycles. The molecule has 2 aromatic rings. The first kappa shape index (κ1) is 14.7. The minimum Gasteiger partial charge on any atom is -0.548 e. The van der Waals surface area contributed by atoms with Gasteiger partial charge in [0.2, 0.25) is 0 Å². The summed E-state index contributed by atoms with van der Waals surface area (Å²) >= 11 is 0. The molecule has 0 unspecified atom stereocenters. The number of urea groups is 1. The smallest absolute Gasteiger partial charge is 0.328 e. The van der Waals surface area contributed by atoms with E-state index in [0.717, 1.165) is 21.4 Å². The van der Waals surface area contributed by atoms with E-state index in [1.807, 2.05) is 24.3 Å². The number of nitrogens with zero attached hydrogens (tertiary/aromatic N) is 2. The van der Waals surface area contributed by atoms with E-state index in [4.69, 9.17) is 0 Å². The number of H-pyrrole nitrogens is 1. The Hall–Kier alpha value is -2.83. The van der Waals surface area contributed by atoms with E-state index in [1.165, 1.54) is 11.8 Å². The van der Waals surface area contributed by atoms with Gasteiger partial charge in [0, 0.05) is 17.4 Å². The Morgan fingerprint density at radius 3 is 2.75 bits per heavy atom. The van der Waals surface area contributed by atoms with Gasteiger partial charge in [-0.25, -0.2) is 4.79 Å². The molecule has 7 nitrogen and oxygen atoms in total. The number of aromatic amines is 1. The SMILES string of the molecule is C[C@@H](C(=O)[O-])N1C(=O)N2CCc3c([nH]c4ccccc34)[C@@]2(C)C1=O. The number of aliphatic carboxylic acids is 1. The lowest BCUT2D eigenvalue weighted by atomic mass is 9.87. The lowest BCUT2D eigenvalue weighted by Gasteiger charge is -2.36. The van der Waals surface area contributed by atoms with Crippen LogP contribution in [0.5, 0.6) is 0 Å². The molecule has 0 spiro atoms. The lowest BCUT2D eigenvalue weighted by molar-refractivity contribution is -0.309. The maximum Gasteiger partial charge on any atom is 0.328 e. The van der Waals surface area contributed by atoms with Gasteiger partial charge in [-0.05, 0) is 31.9 Å². The van der Waals surface area contributed by atoms with Crippen molar-refractivity contribution in [2.75, 3.05) is 6.54 Å². The highest BCUT2D eigenvalue weighted by molar-refractivity contribution is 6.10. The highest BCUT2D eigenvalue weighted by atomic mass is 16.4. The van der Waals surface area contributed by atoms with Crippen LogP contribution in [0.1, 0.15) is 25.1 Å². The molecule has 0 saturated carbocycles. The van der Waals surface area contributed by atoms with Crippen LogP contribution in [0, 0.1) is 0 Å². The number of hydrogen-bond acceptors (Lipinski definition) is 4. The first-order chi connectivity index (χ1) is 11.4. The maximum atomic E-state index is 13.0. The number of carboxylic acids is 1. The Morgan fingerprint density at radius 2 is 2.04 bits per heavy atom. The molecule has 7 heteroatoms. The van der Waals surface area contributed by atoms with Crippen molar-refractivity contribution in [1.82, 2.24) is 14.8 Å². The second-order valence-electron chi connectivity index (χ2n) is 6.45. The Bertz CT molecular complexity index is 902. The number of nitrogens with one attached hydrogen (secondary N) is 1. The zero-order valence-corrected chi connectivity index (χ0v) is 13.3. The molecular weight excluding hydrogens is 310 g/mol. The number of amides is 3. The molecule has 1 saturated heterocycles. The van der Waals surface area contributed by atoms with Gasteiger partial charge in [0.05, 0.1) is 17.7 Å². The summed E-state index contributed by atoms with van der Waals surface area (Å²) in [5.74, 6) is -1.98. The number of carbonyl (C=O) groups excluding carboxylic acids is 3. The molecule has 1 N–H and O–H groups in total. The average molecular weight is 326 g/mol. The van der Waals surface area contributed by atoms with Gasteiger partial charge >= 0.3 is 6.03 Å². The summed E-state index contributed by atoms with van der Waals surface area (Å²) in [6.45, 7) is 3.33. The van der Waals surface area contributed by atoms with Gasteiger partial charge < -0.3 is 19.8 Å². The van der Waals surface area contributed by atoms with E-state index in [9.17, 15) is 19.5 Å². The molecule has 124 valence electrons. The molecule has 2 atom stereocenters. The third-order valence-corrected chi connectivity index (χ3v) is 5.23. The van der Waals surface area contributed by atoms with Crippen LogP contribution in [0.25, 0.3) is 10.9 Å². The summed E-state index contributed by atoms with van der Waals surface area (Å²) in [6.07, 6.45) is 0.613. The fourth-order valence-electron chi connectivity index (χ4n) is 3.87. The van der Waals surface area contributed by atoms with Crippen molar-refractivity contribution in [3.63, 3.8) is 0 Å². The predicted molar refractivity (Wildman–Crippen MR) is 82.8 cm³/mol.